The Morgan fingerprint density at radius 1 is 1.62 bits per heavy atom. The van der Waals surface area contributed by atoms with Crippen molar-refractivity contribution in [2.24, 2.45) is 11.8 Å². The third-order valence-electron chi connectivity index (χ3n) is 3.07. The zero-order valence-corrected chi connectivity index (χ0v) is 8.98. The van der Waals surface area contributed by atoms with Crippen molar-refractivity contribution in [1.29, 1.82) is 5.26 Å². The Labute approximate surface area is 93.7 Å². The van der Waals surface area contributed by atoms with Crippen LogP contribution in [0.4, 0.5) is 4.39 Å². The maximum atomic E-state index is 13.0. The minimum atomic E-state index is -0.814. The van der Waals surface area contributed by atoms with E-state index in [1.807, 2.05) is 13.0 Å². The third kappa shape index (κ3) is 1.96. The maximum Gasteiger partial charge on any atom is 0.157 e. The number of hydrogen-bond donors (Lipinski definition) is 0. The number of nitrogens with zero attached hydrogens (tertiary/aromatic N) is 1. The molecule has 0 bridgehead atoms. The highest BCUT2D eigenvalue weighted by Crippen LogP contribution is 2.41. The molecule has 82 valence electrons. The van der Waals surface area contributed by atoms with Gasteiger partial charge >= 0.3 is 0 Å². The minimum absolute atomic E-state index is 0.00656. The molecule has 0 spiro atoms. The van der Waals surface area contributed by atoms with Crippen molar-refractivity contribution in [3.05, 3.63) is 35.6 Å². The molecule has 3 heteroatoms. The lowest BCUT2D eigenvalue weighted by Gasteiger charge is -2.07. The Balaban J connectivity index is 2.23. The minimum Gasteiger partial charge on any atom is -0.298 e. The van der Waals surface area contributed by atoms with E-state index in [0.717, 1.165) is 6.42 Å². The molecule has 0 heterocycles. The van der Waals surface area contributed by atoms with Crippen LogP contribution >= 0.6 is 0 Å². The predicted molar refractivity (Wildman–Crippen MR) is 57.0 cm³/mol. The van der Waals surface area contributed by atoms with E-state index in [9.17, 15) is 9.18 Å². The molecule has 0 radical (unpaired) electrons. The predicted octanol–water partition coefficient (Wildman–Crippen LogP) is 2.66. The van der Waals surface area contributed by atoms with Crippen molar-refractivity contribution in [3.63, 3.8) is 0 Å². The molecule has 0 N–H and O–H groups in total. The fraction of sp³-hybridized carbons (Fsp3) is 0.385. The van der Waals surface area contributed by atoms with Crippen molar-refractivity contribution in [1.82, 2.24) is 0 Å². The first-order valence-electron chi connectivity index (χ1n) is 5.32. The summed E-state index contributed by atoms with van der Waals surface area (Å²) in [7, 11) is 0. The van der Waals surface area contributed by atoms with Gasteiger partial charge in [0.25, 0.3) is 0 Å². The van der Waals surface area contributed by atoms with E-state index in [1.54, 1.807) is 6.07 Å². The summed E-state index contributed by atoms with van der Waals surface area (Å²) >= 11 is 0. The van der Waals surface area contributed by atoms with E-state index in [2.05, 4.69) is 0 Å². The zero-order valence-electron chi connectivity index (χ0n) is 8.98. The number of Topliss-reactive ketones (excluding diaryl/α,β-unsaturated/α-hetero) is 1. The molecule has 3 atom stereocenters. The second-order valence-electron chi connectivity index (χ2n) is 4.34. The number of nitriles is 1. The summed E-state index contributed by atoms with van der Waals surface area (Å²) in [4.78, 5) is 11.9. The van der Waals surface area contributed by atoms with Crippen molar-refractivity contribution in [2.45, 2.75) is 19.3 Å². The first kappa shape index (κ1) is 10.8. The number of ketones is 1. The molecule has 1 aliphatic rings. The van der Waals surface area contributed by atoms with Gasteiger partial charge in [0, 0.05) is 5.92 Å². The second-order valence-corrected chi connectivity index (χ2v) is 4.34. The van der Waals surface area contributed by atoms with Gasteiger partial charge in [0.2, 0.25) is 0 Å². The number of hydrogen-bond acceptors (Lipinski definition) is 2. The molecule has 0 amide bonds. The summed E-state index contributed by atoms with van der Waals surface area (Å²) in [6, 6.07) is 7.69. The Kier molecular flexibility index (Phi) is 2.74. The number of carbonyl (C=O) groups excluding carboxylic acids is 1. The van der Waals surface area contributed by atoms with Crippen LogP contribution in [0.1, 0.15) is 24.8 Å². The van der Waals surface area contributed by atoms with Crippen LogP contribution in [0.15, 0.2) is 24.3 Å². The normalized spacial score (nSPS) is 24.6. The molecule has 1 fully saturated rings. The summed E-state index contributed by atoms with van der Waals surface area (Å²) < 4.78 is 13.0. The highest BCUT2D eigenvalue weighted by molar-refractivity contribution is 5.92. The monoisotopic (exact) mass is 217 g/mol. The van der Waals surface area contributed by atoms with Crippen LogP contribution in [0.5, 0.6) is 0 Å². The van der Waals surface area contributed by atoms with Crippen LogP contribution in [0.25, 0.3) is 0 Å². The number of halogens is 1. The smallest absolute Gasteiger partial charge is 0.157 e. The maximum absolute atomic E-state index is 13.0. The van der Waals surface area contributed by atoms with Gasteiger partial charge in [0.1, 0.15) is 11.7 Å². The Bertz CT molecular complexity index is 463. The van der Waals surface area contributed by atoms with Crippen molar-refractivity contribution in [2.75, 3.05) is 0 Å². The van der Waals surface area contributed by atoms with Gasteiger partial charge in [-0.05, 0) is 30.0 Å². The fourth-order valence-electron chi connectivity index (χ4n) is 1.92. The van der Waals surface area contributed by atoms with E-state index in [4.69, 9.17) is 5.26 Å². The van der Waals surface area contributed by atoms with Gasteiger partial charge in [0.05, 0.1) is 6.07 Å². The first-order valence-corrected chi connectivity index (χ1v) is 5.32. The quantitative estimate of drug-likeness (QED) is 0.781. The van der Waals surface area contributed by atoms with E-state index in [-0.39, 0.29) is 11.7 Å². The molecule has 16 heavy (non-hydrogen) atoms. The average Bonchev–Trinajstić information content (AvgIpc) is 2.96. The van der Waals surface area contributed by atoms with Gasteiger partial charge in [-0.25, -0.2) is 4.39 Å². The lowest BCUT2D eigenvalue weighted by Crippen LogP contribution is -2.13. The summed E-state index contributed by atoms with van der Waals surface area (Å²) in [5.41, 5.74) is 0.464. The van der Waals surface area contributed by atoms with Crippen molar-refractivity contribution < 1.29 is 9.18 Å². The Morgan fingerprint density at radius 2 is 2.31 bits per heavy atom. The van der Waals surface area contributed by atoms with Gasteiger partial charge < -0.3 is 0 Å². The SMILES string of the molecule is CC1CC1C(=O)C(C#N)c1cccc(F)c1. The fourth-order valence-corrected chi connectivity index (χ4v) is 1.92. The van der Waals surface area contributed by atoms with Gasteiger partial charge in [-0.2, -0.15) is 5.26 Å². The Morgan fingerprint density at radius 3 is 2.81 bits per heavy atom. The van der Waals surface area contributed by atoms with Crippen LogP contribution in [0, 0.1) is 29.0 Å². The van der Waals surface area contributed by atoms with Gasteiger partial charge in [-0.15, -0.1) is 0 Å². The summed E-state index contributed by atoms with van der Waals surface area (Å²) in [5, 5.41) is 9.01. The van der Waals surface area contributed by atoms with E-state index >= 15 is 0 Å². The molecular weight excluding hydrogens is 205 g/mol. The zero-order chi connectivity index (χ0) is 11.7. The first-order chi connectivity index (χ1) is 7.63. The number of rotatable bonds is 3. The van der Waals surface area contributed by atoms with Crippen LogP contribution in [0.3, 0.4) is 0 Å². The van der Waals surface area contributed by atoms with Gasteiger partial charge in [-0.1, -0.05) is 19.1 Å². The second kappa shape index (κ2) is 4.05. The summed E-state index contributed by atoms with van der Waals surface area (Å²) in [6.07, 6.45) is 0.854. The van der Waals surface area contributed by atoms with Crippen molar-refractivity contribution >= 4 is 5.78 Å². The Hall–Kier alpha value is -1.69. The largest absolute Gasteiger partial charge is 0.298 e. The van der Waals surface area contributed by atoms with Crippen LogP contribution in [-0.4, -0.2) is 5.78 Å². The topological polar surface area (TPSA) is 40.9 Å². The van der Waals surface area contributed by atoms with E-state index in [1.165, 1.54) is 18.2 Å². The lowest BCUT2D eigenvalue weighted by atomic mass is 9.93. The van der Waals surface area contributed by atoms with Crippen LogP contribution in [0.2, 0.25) is 0 Å². The van der Waals surface area contributed by atoms with Crippen LogP contribution in [-0.2, 0) is 4.79 Å². The third-order valence-corrected chi connectivity index (χ3v) is 3.07. The molecule has 2 nitrogen and oxygen atoms in total. The van der Waals surface area contributed by atoms with E-state index < -0.39 is 11.7 Å². The molecule has 0 saturated heterocycles. The molecular formula is C13H12FNO. The van der Waals surface area contributed by atoms with Crippen molar-refractivity contribution in [3.8, 4) is 6.07 Å². The molecule has 2 rings (SSSR count). The van der Waals surface area contributed by atoms with Gasteiger partial charge in [0.15, 0.2) is 5.78 Å². The van der Waals surface area contributed by atoms with Crippen LogP contribution < -0.4 is 0 Å². The lowest BCUT2D eigenvalue weighted by molar-refractivity contribution is -0.120. The van der Waals surface area contributed by atoms with E-state index in [0.29, 0.717) is 11.5 Å². The molecule has 1 aliphatic carbocycles. The molecule has 0 aliphatic heterocycles. The average molecular weight is 217 g/mol. The molecule has 1 aromatic carbocycles. The standard InChI is InChI=1S/C13H12FNO/c1-8-5-11(8)13(16)12(7-15)9-3-2-4-10(14)6-9/h2-4,6,8,11-12H,5H2,1H3. The highest BCUT2D eigenvalue weighted by atomic mass is 19.1. The summed E-state index contributed by atoms with van der Waals surface area (Å²) in [6.45, 7) is 1.99. The highest BCUT2D eigenvalue weighted by Gasteiger charge is 2.42. The molecule has 3 unspecified atom stereocenters. The molecule has 0 aromatic heterocycles. The number of benzene rings is 1. The summed E-state index contributed by atoms with van der Waals surface area (Å²) in [5.74, 6) is -0.925. The molecule has 1 aromatic rings. The number of carbonyl (C=O) groups is 1. The van der Waals surface area contributed by atoms with Gasteiger partial charge in [-0.3, -0.25) is 4.79 Å². The molecule has 1 saturated carbocycles.